The van der Waals surface area contributed by atoms with Crippen LogP contribution < -0.4 is 5.32 Å². The molecular formula is C14H19F2NO. The van der Waals surface area contributed by atoms with Crippen molar-refractivity contribution in [3.63, 3.8) is 0 Å². The minimum Gasteiger partial charge on any atom is -0.373 e. The smallest absolute Gasteiger partial charge is 0.126 e. The average molecular weight is 255 g/mol. The Labute approximate surface area is 106 Å². The van der Waals surface area contributed by atoms with E-state index in [4.69, 9.17) is 4.74 Å². The summed E-state index contributed by atoms with van der Waals surface area (Å²) in [5, 5.41) is 3.26. The van der Waals surface area contributed by atoms with E-state index in [1.807, 2.05) is 13.8 Å². The van der Waals surface area contributed by atoms with Gasteiger partial charge in [0.15, 0.2) is 0 Å². The van der Waals surface area contributed by atoms with Gasteiger partial charge in [-0.25, -0.2) is 8.78 Å². The van der Waals surface area contributed by atoms with Crippen LogP contribution in [0.15, 0.2) is 18.2 Å². The molecule has 1 N–H and O–H groups in total. The molecule has 1 aliphatic rings. The van der Waals surface area contributed by atoms with Crippen LogP contribution in [0.5, 0.6) is 0 Å². The molecule has 2 nitrogen and oxygen atoms in total. The SMILES string of the molecule is CCNC(c1cc(F)cc(F)c1)C1CCC(C)O1. The molecule has 3 atom stereocenters. The lowest BCUT2D eigenvalue weighted by Crippen LogP contribution is -2.32. The first-order valence-electron chi connectivity index (χ1n) is 6.45. The molecule has 3 unspecified atom stereocenters. The summed E-state index contributed by atoms with van der Waals surface area (Å²) in [7, 11) is 0. The molecule has 0 spiro atoms. The van der Waals surface area contributed by atoms with Gasteiger partial charge in [-0.3, -0.25) is 0 Å². The van der Waals surface area contributed by atoms with Crippen LogP contribution in [0, 0.1) is 11.6 Å². The van der Waals surface area contributed by atoms with Crippen LogP contribution in [-0.4, -0.2) is 18.8 Å². The Morgan fingerprint density at radius 1 is 1.28 bits per heavy atom. The van der Waals surface area contributed by atoms with Gasteiger partial charge < -0.3 is 10.1 Å². The Morgan fingerprint density at radius 2 is 1.94 bits per heavy atom. The fourth-order valence-electron chi connectivity index (χ4n) is 2.52. The summed E-state index contributed by atoms with van der Waals surface area (Å²) in [6.07, 6.45) is 2.11. The van der Waals surface area contributed by atoms with Crippen molar-refractivity contribution in [3.8, 4) is 0 Å². The fraction of sp³-hybridized carbons (Fsp3) is 0.571. The van der Waals surface area contributed by atoms with E-state index < -0.39 is 11.6 Å². The summed E-state index contributed by atoms with van der Waals surface area (Å²) >= 11 is 0. The van der Waals surface area contributed by atoms with Crippen molar-refractivity contribution in [1.82, 2.24) is 5.32 Å². The lowest BCUT2D eigenvalue weighted by Gasteiger charge is -2.25. The summed E-state index contributed by atoms with van der Waals surface area (Å²) in [5.74, 6) is -1.09. The monoisotopic (exact) mass is 255 g/mol. The number of hydrogen-bond donors (Lipinski definition) is 1. The van der Waals surface area contributed by atoms with Crippen LogP contribution in [0.4, 0.5) is 8.78 Å². The summed E-state index contributed by atoms with van der Waals surface area (Å²) < 4.78 is 32.4. The summed E-state index contributed by atoms with van der Waals surface area (Å²) in [6.45, 7) is 4.73. The van der Waals surface area contributed by atoms with E-state index in [0.717, 1.165) is 25.5 Å². The maximum absolute atomic E-state index is 13.3. The van der Waals surface area contributed by atoms with Gasteiger partial charge >= 0.3 is 0 Å². The standard InChI is InChI=1S/C14H19F2NO/c1-3-17-14(13-5-4-9(2)18-13)10-6-11(15)8-12(16)7-10/h6-9,13-14,17H,3-5H2,1-2H3. The molecule has 18 heavy (non-hydrogen) atoms. The second-order valence-corrected chi connectivity index (χ2v) is 4.80. The number of nitrogens with one attached hydrogen (secondary N) is 1. The van der Waals surface area contributed by atoms with Gasteiger partial charge in [0.1, 0.15) is 11.6 Å². The highest BCUT2D eigenvalue weighted by molar-refractivity contribution is 5.23. The minimum atomic E-state index is -0.543. The predicted octanol–water partition coefficient (Wildman–Crippen LogP) is 3.18. The van der Waals surface area contributed by atoms with E-state index in [2.05, 4.69) is 5.32 Å². The number of hydrogen-bond acceptors (Lipinski definition) is 2. The molecule has 1 aliphatic heterocycles. The Kier molecular flexibility index (Phi) is 4.30. The molecule has 1 saturated heterocycles. The van der Waals surface area contributed by atoms with Crippen LogP contribution in [0.3, 0.4) is 0 Å². The lowest BCUT2D eigenvalue weighted by atomic mass is 9.99. The molecule has 0 amide bonds. The molecule has 1 aromatic carbocycles. The lowest BCUT2D eigenvalue weighted by molar-refractivity contribution is 0.0318. The van der Waals surface area contributed by atoms with Crippen LogP contribution >= 0.6 is 0 Å². The van der Waals surface area contributed by atoms with Gasteiger partial charge in [-0.15, -0.1) is 0 Å². The molecule has 100 valence electrons. The molecule has 0 radical (unpaired) electrons. The first-order chi connectivity index (χ1) is 8.60. The largest absolute Gasteiger partial charge is 0.373 e. The van der Waals surface area contributed by atoms with Crippen LogP contribution in [-0.2, 0) is 4.74 Å². The Balaban J connectivity index is 2.23. The molecule has 1 fully saturated rings. The molecule has 0 aliphatic carbocycles. The topological polar surface area (TPSA) is 21.3 Å². The zero-order valence-corrected chi connectivity index (χ0v) is 10.7. The summed E-state index contributed by atoms with van der Waals surface area (Å²) in [6, 6.07) is 3.50. The van der Waals surface area contributed by atoms with Crippen molar-refractivity contribution in [2.24, 2.45) is 0 Å². The number of rotatable bonds is 4. The molecule has 0 saturated carbocycles. The Hall–Kier alpha value is -1.00. The number of ether oxygens (including phenoxy) is 1. The van der Waals surface area contributed by atoms with Crippen molar-refractivity contribution >= 4 is 0 Å². The van der Waals surface area contributed by atoms with E-state index in [1.165, 1.54) is 12.1 Å². The van der Waals surface area contributed by atoms with Crippen molar-refractivity contribution in [3.05, 3.63) is 35.4 Å². The van der Waals surface area contributed by atoms with Gasteiger partial charge in [0, 0.05) is 6.07 Å². The Morgan fingerprint density at radius 3 is 2.44 bits per heavy atom. The highest BCUT2D eigenvalue weighted by atomic mass is 19.1. The molecule has 1 heterocycles. The average Bonchev–Trinajstić information content (AvgIpc) is 2.71. The third-order valence-electron chi connectivity index (χ3n) is 3.30. The third-order valence-corrected chi connectivity index (χ3v) is 3.30. The highest BCUT2D eigenvalue weighted by Crippen LogP contribution is 2.30. The summed E-state index contributed by atoms with van der Waals surface area (Å²) in [5.41, 5.74) is 0.619. The van der Waals surface area contributed by atoms with E-state index in [1.54, 1.807) is 0 Å². The molecule has 4 heteroatoms. The second kappa shape index (κ2) is 5.76. The molecule has 1 aromatic rings. The molecule has 0 bridgehead atoms. The van der Waals surface area contributed by atoms with Crippen LogP contribution in [0.25, 0.3) is 0 Å². The number of halogens is 2. The molecular weight excluding hydrogens is 236 g/mol. The van der Waals surface area contributed by atoms with E-state index >= 15 is 0 Å². The number of likely N-dealkylation sites (N-methyl/N-ethyl adjacent to an activating group) is 1. The van der Waals surface area contributed by atoms with Gasteiger partial charge in [0.25, 0.3) is 0 Å². The maximum atomic E-state index is 13.3. The van der Waals surface area contributed by atoms with E-state index in [9.17, 15) is 8.78 Å². The van der Waals surface area contributed by atoms with Gasteiger partial charge in [-0.05, 0) is 44.0 Å². The first kappa shape index (κ1) is 13.4. The van der Waals surface area contributed by atoms with Gasteiger partial charge in [-0.1, -0.05) is 6.92 Å². The van der Waals surface area contributed by atoms with Gasteiger partial charge in [0.2, 0.25) is 0 Å². The maximum Gasteiger partial charge on any atom is 0.126 e. The Bertz CT molecular complexity index is 391. The van der Waals surface area contributed by atoms with Crippen LogP contribution in [0.2, 0.25) is 0 Å². The minimum absolute atomic E-state index is 0.0128. The first-order valence-corrected chi connectivity index (χ1v) is 6.45. The quantitative estimate of drug-likeness (QED) is 0.892. The van der Waals surface area contributed by atoms with Crippen molar-refractivity contribution < 1.29 is 13.5 Å². The second-order valence-electron chi connectivity index (χ2n) is 4.80. The van der Waals surface area contributed by atoms with Crippen molar-refractivity contribution in [2.75, 3.05) is 6.54 Å². The fourth-order valence-corrected chi connectivity index (χ4v) is 2.52. The van der Waals surface area contributed by atoms with E-state index in [-0.39, 0.29) is 18.2 Å². The van der Waals surface area contributed by atoms with Crippen molar-refractivity contribution in [1.29, 1.82) is 0 Å². The zero-order chi connectivity index (χ0) is 13.1. The zero-order valence-electron chi connectivity index (χ0n) is 10.7. The highest BCUT2D eigenvalue weighted by Gasteiger charge is 2.30. The van der Waals surface area contributed by atoms with Gasteiger partial charge in [-0.2, -0.15) is 0 Å². The molecule has 0 aromatic heterocycles. The summed E-state index contributed by atoms with van der Waals surface area (Å²) in [4.78, 5) is 0. The third kappa shape index (κ3) is 3.06. The van der Waals surface area contributed by atoms with Crippen LogP contribution in [0.1, 0.15) is 38.3 Å². The van der Waals surface area contributed by atoms with Crippen molar-refractivity contribution in [2.45, 2.75) is 44.9 Å². The number of benzene rings is 1. The normalized spacial score (nSPS) is 25.3. The van der Waals surface area contributed by atoms with Gasteiger partial charge in [0.05, 0.1) is 18.2 Å². The predicted molar refractivity (Wildman–Crippen MR) is 66.3 cm³/mol. The van der Waals surface area contributed by atoms with E-state index in [0.29, 0.717) is 5.56 Å². The molecule has 2 rings (SSSR count).